The molecule has 2 amide bonds. The number of para-hydroxylation sites is 1. The molecule has 8 heteroatoms. The third-order valence-corrected chi connectivity index (χ3v) is 5.77. The zero-order valence-corrected chi connectivity index (χ0v) is 18.4. The van der Waals surface area contributed by atoms with Gasteiger partial charge in [0, 0.05) is 31.2 Å². The predicted molar refractivity (Wildman–Crippen MR) is 121 cm³/mol. The van der Waals surface area contributed by atoms with Gasteiger partial charge in [-0.2, -0.15) is 0 Å². The molecule has 0 aromatic heterocycles. The molecule has 1 atom stereocenters. The molecule has 30 heavy (non-hydrogen) atoms. The molecule has 2 aromatic rings. The van der Waals surface area contributed by atoms with E-state index < -0.39 is 0 Å². The van der Waals surface area contributed by atoms with E-state index in [9.17, 15) is 9.59 Å². The lowest BCUT2D eigenvalue weighted by Gasteiger charge is -2.34. The molecule has 0 unspecified atom stereocenters. The third kappa shape index (κ3) is 6.44. The van der Waals surface area contributed by atoms with Crippen molar-refractivity contribution in [2.75, 3.05) is 44.6 Å². The lowest BCUT2D eigenvalue weighted by atomic mass is 10.1. The molecule has 2 aromatic carbocycles. The summed E-state index contributed by atoms with van der Waals surface area (Å²) in [5.41, 5.74) is 1.52. The number of amides is 2. The molecule has 1 aliphatic heterocycles. The van der Waals surface area contributed by atoms with Gasteiger partial charge in [-0.1, -0.05) is 53.5 Å². The smallest absolute Gasteiger partial charge is 0.238 e. The van der Waals surface area contributed by atoms with E-state index in [1.165, 1.54) is 0 Å². The van der Waals surface area contributed by atoms with Crippen LogP contribution in [-0.2, 0) is 9.59 Å². The van der Waals surface area contributed by atoms with Crippen LogP contribution in [0.1, 0.15) is 18.5 Å². The molecule has 0 radical (unpaired) electrons. The van der Waals surface area contributed by atoms with Gasteiger partial charge in [0.25, 0.3) is 0 Å². The van der Waals surface area contributed by atoms with Crippen molar-refractivity contribution in [3.05, 3.63) is 64.1 Å². The molecule has 1 saturated heterocycles. The zero-order valence-electron chi connectivity index (χ0n) is 16.9. The molecular weight excluding hydrogens is 423 g/mol. The van der Waals surface area contributed by atoms with E-state index >= 15 is 0 Å². The van der Waals surface area contributed by atoms with Gasteiger partial charge in [0.15, 0.2) is 0 Å². The van der Waals surface area contributed by atoms with Crippen LogP contribution in [0.3, 0.4) is 0 Å². The molecule has 1 aliphatic rings. The van der Waals surface area contributed by atoms with Crippen LogP contribution in [0.2, 0.25) is 10.0 Å². The SMILES string of the molecule is C[C@H](NC(=O)CN1CCN(CC(=O)Nc2ccccc2Cl)CC1)c1ccccc1Cl. The summed E-state index contributed by atoms with van der Waals surface area (Å²) in [4.78, 5) is 28.9. The van der Waals surface area contributed by atoms with Crippen LogP contribution in [0.4, 0.5) is 5.69 Å². The van der Waals surface area contributed by atoms with Gasteiger partial charge in [-0.05, 0) is 30.7 Å². The summed E-state index contributed by atoms with van der Waals surface area (Å²) in [6, 6.07) is 14.5. The third-order valence-electron chi connectivity index (χ3n) is 5.10. The molecule has 1 fully saturated rings. The number of anilines is 1. The topological polar surface area (TPSA) is 64.7 Å². The molecule has 1 heterocycles. The summed E-state index contributed by atoms with van der Waals surface area (Å²) in [5, 5.41) is 7.01. The summed E-state index contributed by atoms with van der Waals surface area (Å²) in [7, 11) is 0. The van der Waals surface area contributed by atoms with E-state index in [0.29, 0.717) is 28.8 Å². The van der Waals surface area contributed by atoms with E-state index in [4.69, 9.17) is 23.2 Å². The molecule has 0 bridgehead atoms. The molecule has 3 rings (SSSR count). The second kappa shape index (κ2) is 10.8. The van der Waals surface area contributed by atoms with E-state index in [2.05, 4.69) is 20.4 Å². The number of hydrogen-bond acceptors (Lipinski definition) is 4. The van der Waals surface area contributed by atoms with Gasteiger partial charge in [-0.15, -0.1) is 0 Å². The van der Waals surface area contributed by atoms with Crippen molar-refractivity contribution in [2.24, 2.45) is 0 Å². The van der Waals surface area contributed by atoms with Gasteiger partial charge in [0.2, 0.25) is 11.8 Å². The Morgan fingerprint density at radius 3 is 2.00 bits per heavy atom. The van der Waals surface area contributed by atoms with Gasteiger partial charge in [0.05, 0.1) is 29.8 Å². The number of nitrogens with one attached hydrogen (secondary N) is 2. The average molecular weight is 449 g/mol. The molecule has 160 valence electrons. The Bertz CT molecular complexity index is 885. The standard InChI is InChI=1S/C22H26Cl2N4O2/c1-16(17-6-2-3-7-18(17)23)25-21(29)14-27-10-12-28(13-11-27)15-22(30)26-20-9-5-4-8-19(20)24/h2-9,16H,10-15H2,1H3,(H,25,29)(H,26,30)/t16-/m0/s1. The minimum atomic E-state index is -0.152. The number of piperazine rings is 1. The zero-order chi connectivity index (χ0) is 21.5. The Hall–Kier alpha value is -2.12. The van der Waals surface area contributed by atoms with E-state index in [0.717, 1.165) is 31.7 Å². The highest BCUT2D eigenvalue weighted by atomic mass is 35.5. The highest BCUT2D eigenvalue weighted by molar-refractivity contribution is 6.33. The maximum Gasteiger partial charge on any atom is 0.238 e. The number of nitrogens with zero attached hydrogens (tertiary/aromatic N) is 2. The first-order valence-electron chi connectivity index (χ1n) is 9.95. The number of halogens is 2. The molecule has 0 spiro atoms. The second-order valence-electron chi connectivity index (χ2n) is 7.39. The number of rotatable bonds is 7. The molecule has 0 saturated carbocycles. The maximum atomic E-state index is 12.4. The maximum absolute atomic E-state index is 12.4. The first kappa shape index (κ1) is 22.6. The van der Waals surface area contributed by atoms with Crippen molar-refractivity contribution in [1.29, 1.82) is 0 Å². The van der Waals surface area contributed by atoms with Gasteiger partial charge < -0.3 is 10.6 Å². The molecule has 6 nitrogen and oxygen atoms in total. The Kier molecular flexibility index (Phi) is 8.10. The van der Waals surface area contributed by atoms with Crippen LogP contribution in [0, 0.1) is 0 Å². The van der Waals surface area contributed by atoms with E-state index in [1.54, 1.807) is 12.1 Å². The van der Waals surface area contributed by atoms with Crippen molar-refractivity contribution in [2.45, 2.75) is 13.0 Å². The minimum Gasteiger partial charge on any atom is -0.348 e. The van der Waals surface area contributed by atoms with Crippen LogP contribution >= 0.6 is 23.2 Å². The minimum absolute atomic E-state index is 0.0349. The number of carbonyl (C=O) groups excluding carboxylic acids is 2. The Morgan fingerprint density at radius 1 is 0.867 bits per heavy atom. The van der Waals surface area contributed by atoms with Gasteiger partial charge >= 0.3 is 0 Å². The first-order valence-corrected chi connectivity index (χ1v) is 10.7. The number of hydrogen-bond donors (Lipinski definition) is 2. The van der Waals surface area contributed by atoms with E-state index in [-0.39, 0.29) is 17.9 Å². The predicted octanol–water partition coefficient (Wildman–Crippen LogP) is 3.43. The van der Waals surface area contributed by atoms with Crippen LogP contribution in [0.5, 0.6) is 0 Å². The normalized spacial score (nSPS) is 16.1. The van der Waals surface area contributed by atoms with Crippen LogP contribution in [0.25, 0.3) is 0 Å². The van der Waals surface area contributed by atoms with Gasteiger partial charge in [0.1, 0.15) is 0 Å². The fraction of sp³-hybridized carbons (Fsp3) is 0.364. The number of carbonyl (C=O) groups is 2. The quantitative estimate of drug-likeness (QED) is 0.680. The summed E-state index contributed by atoms with van der Waals surface area (Å²) >= 11 is 12.3. The summed E-state index contributed by atoms with van der Waals surface area (Å²) in [6.07, 6.45) is 0. The lowest BCUT2D eigenvalue weighted by Crippen LogP contribution is -2.51. The highest BCUT2D eigenvalue weighted by Gasteiger charge is 2.22. The summed E-state index contributed by atoms with van der Waals surface area (Å²) in [5.74, 6) is -0.129. The Balaban J connectivity index is 1.40. The molecular formula is C22H26Cl2N4O2. The van der Waals surface area contributed by atoms with Crippen molar-refractivity contribution in [3.63, 3.8) is 0 Å². The Labute approximate surface area is 187 Å². The van der Waals surface area contributed by atoms with Crippen LogP contribution < -0.4 is 10.6 Å². The summed E-state index contributed by atoms with van der Waals surface area (Å²) < 4.78 is 0. The second-order valence-corrected chi connectivity index (χ2v) is 8.21. The number of benzene rings is 2. The largest absolute Gasteiger partial charge is 0.348 e. The molecule has 0 aliphatic carbocycles. The van der Waals surface area contributed by atoms with Crippen LogP contribution in [0.15, 0.2) is 48.5 Å². The van der Waals surface area contributed by atoms with Crippen molar-refractivity contribution >= 4 is 40.7 Å². The van der Waals surface area contributed by atoms with Crippen molar-refractivity contribution in [3.8, 4) is 0 Å². The monoisotopic (exact) mass is 448 g/mol. The Morgan fingerprint density at radius 2 is 1.40 bits per heavy atom. The van der Waals surface area contributed by atoms with E-state index in [1.807, 2.05) is 43.3 Å². The fourth-order valence-corrected chi connectivity index (χ4v) is 3.94. The summed E-state index contributed by atoms with van der Waals surface area (Å²) in [6.45, 7) is 5.46. The average Bonchev–Trinajstić information content (AvgIpc) is 2.71. The fourth-order valence-electron chi connectivity index (χ4n) is 3.46. The van der Waals surface area contributed by atoms with Crippen LogP contribution in [-0.4, -0.2) is 60.9 Å². The highest BCUT2D eigenvalue weighted by Crippen LogP contribution is 2.22. The first-order chi connectivity index (χ1) is 14.4. The van der Waals surface area contributed by atoms with Gasteiger partial charge in [-0.25, -0.2) is 0 Å². The van der Waals surface area contributed by atoms with Gasteiger partial charge in [-0.3, -0.25) is 19.4 Å². The molecule has 2 N–H and O–H groups in total. The van der Waals surface area contributed by atoms with Crippen molar-refractivity contribution in [1.82, 2.24) is 15.1 Å². The lowest BCUT2D eigenvalue weighted by molar-refractivity contribution is -0.124. The van der Waals surface area contributed by atoms with Crippen molar-refractivity contribution < 1.29 is 9.59 Å².